The average molecular weight is 230 g/mol. The van der Waals surface area contributed by atoms with Crippen molar-refractivity contribution in [2.45, 2.75) is 25.5 Å². The van der Waals surface area contributed by atoms with Crippen LogP contribution in [0.1, 0.15) is 36.2 Å². The molecule has 0 aliphatic rings. The van der Waals surface area contributed by atoms with E-state index >= 15 is 0 Å². The van der Waals surface area contributed by atoms with Crippen LogP contribution in [0.5, 0.6) is 0 Å². The lowest BCUT2D eigenvalue weighted by molar-refractivity contribution is 0.119. The first-order valence-corrected chi connectivity index (χ1v) is 5.79. The Morgan fingerprint density at radius 2 is 2.27 bits per heavy atom. The molecule has 0 aliphatic carbocycles. The van der Waals surface area contributed by atoms with E-state index in [4.69, 9.17) is 15.2 Å². The van der Waals surface area contributed by atoms with Crippen molar-refractivity contribution in [1.29, 1.82) is 0 Å². The van der Waals surface area contributed by atoms with Gasteiger partial charge in [-0.15, -0.1) is 11.3 Å². The van der Waals surface area contributed by atoms with Gasteiger partial charge in [-0.05, 0) is 13.3 Å². The zero-order chi connectivity index (χ0) is 11.3. The van der Waals surface area contributed by atoms with Crippen molar-refractivity contribution in [2.24, 2.45) is 5.73 Å². The number of hydrogen-bond acceptors (Lipinski definition) is 5. The number of nitrogens with two attached hydrogens (primary N) is 1. The monoisotopic (exact) mass is 230 g/mol. The van der Waals surface area contributed by atoms with E-state index < -0.39 is 0 Å². The van der Waals surface area contributed by atoms with Crippen molar-refractivity contribution >= 4 is 11.3 Å². The van der Waals surface area contributed by atoms with Crippen LogP contribution in [0.4, 0.5) is 0 Å². The second-order valence-electron chi connectivity index (χ2n) is 3.38. The Morgan fingerprint density at radius 3 is 2.87 bits per heavy atom. The van der Waals surface area contributed by atoms with Crippen LogP contribution < -0.4 is 5.73 Å². The van der Waals surface area contributed by atoms with E-state index in [2.05, 4.69) is 4.98 Å². The molecule has 2 N–H and O–H groups in total. The van der Waals surface area contributed by atoms with Gasteiger partial charge in [0.25, 0.3) is 0 Å². The van der Waals surface area contributed by atoms with Gasteiger partial charge in [-0.3, -0.25) is 0 Å². The van der Waals surface area contributed by atoms with Gasteiger partial charge >= 0.3 is 0 Å². The Labute approximate surface area is 94.4 Å². The Kier molecular flexibility index (Phi) is 5.17. The summed E-state index contributed by atoms with van der Waals surface area (Å²) in [5.74, 6) is 0. The van der Waals surface area contributed by atoms with Crippen molar-refractivity contribution in [1.82, 2.24) is 4.98 Å². The number of ether oxygens (including phenoxy) is 2. The number of hydrogen-bond donors (Lipinski definition) is 1. The smallest absolute Gasteiger partial charge is 0.122 e. The summed E-state index contributed by atoms with van der Waals surface area (Å²) in [7, 11) is 3.35. The molecule has 0 saturated carbocycles. The molecule has 5 heteroatoms. The minimum Gasteiger partial charge on any atom is -0.385 e. The maximum Gasteiger partial charge on any atom is 0.122 e. The molecular weight excluding hydrogens is 212 g/mol. The summed E-state index contributed by atoms with van der Waals surface area (Å²) in [5, 5.41) is 2.96. The van der Waals surface area contributed by atoms with Crippen LogP contribution in [0.15, 0.2) is 5.38 Å². The first-order valence-electron chi connectivity index (χ1n) is 4.91. The van der Waals surface area contributed by atoms with Crippen molar-refractivity contribution in [3.05, 3.63) is 16.1 Å². The normalized spacial score (nSPS) is 15.2. The number of rotatable bonds is 6. The Hall–Kier alpha value is -0.490. The van der Waals surface area contributed by atoms with Crippen molar-refractivity contribution in [3.63, 3.8) is 0 Å². The third-order valence-electron chi connectivity index (χ3n) is 2.25. The fraction of sp³-hybridized carbons (Fsp3) is 0.700. The van der Waals surface area contributed by atoms with Gasteiger partial charge in [0.05, 0.1) is 11.7 Å². The third-order valence-corrected chi connectivity index (χ3v) is 3.28. The summed E-state index contributed by atoms with van der Waals surface area (Å²) >= 11 is 1.59. The molecule has 0 radical (unpaired) electrons. The quantitative estimate of drug-likeness (QED) is 0.810. The lowest BCUT2D eigenvalue weighted by Crippen LogP contribution is -2.13. The zero-order valence-electron chi connectivity index (χ0n) is 9.40. The average Bonchev–Trinajstić information content (AvgIpc) is 2.74. The van der Waals surface area contributed by atoms with Crippen LogP contribution in [0.25, 0.3) is 0 Å². The topological polar surface area (TPSA) is 57.4 Å². The van der Waals surface area contributed by atoms with Gasteiger partial charge in [0.2, 0.25) is 0 Å². The van der Waals surface area contributed by atoms with Gasteiger partial charge in [-0.25, -0.2) is 4.98 Å². The van der Waals surface area contributed by atoms with Gasteiger partial charge in [-0.2, -0.15) is 0 Å². The summed E-state index contributed by atoms with van der Waals surface area (Å²) in [6.07, 6.45) is 0.833. The largest absolute Gasteiger partial charge is 0.385 e. The van der Waals surface area contributed by atoms with Crippen molar-refractivity contribution in [3.8, 4) is 0 Å². The Bertz CT molecular complexity index is 291. The highest BCUT2D eigenvalue weighted by Crippen LogP contribution is 2.23. The van der Waals surface area contributed by atoms with Crippen LogP contribution in [0.3, 0.4) is 0 Å². The van der Waals surface area contributed by atoms with E-state index in [1.807, 2.05) is 12.3 Å². The molecule has 0 aliphatic heterocycles. The van der Waals surface area contributed by atoms with E-state index in [0.717, 1.165) is 17.1 Å². The van der Waals surface area contributed by atoms with E-state index in [0.29, 0.717) is 6.61 Å². The van der Waals surface area contributed by atoms with Crippen LogP contribution in [-0.2, 0) is 9.47 Å². The lowest BCUT2D eigenvalue weighted by atomic mass is 10.2. The molecule has 15 heavy (non-hydrogen) atoms. The summed E-state index contributed by atoms with van der Waals surface area (Å²) in [6, 6.07) is -0.0426. The highest BCUT2D eigenvalue weighted by molar-refractivity contribution is 7.09. The predicted molar refractivity (Wildman–Crippen MR) is 61.0 cm³/mol. The number of thiazole rings is 1. The number of aromatic nitrogens is 1. The summed E-state index contributed by atoms with van der Waals surface area (Å²) in [6.45, 7) is 2.64. The SMILES string of the molecule is COCCC(N)c1csc(C(C)OC)n1. The molecule has 0 saturated heterocycles. The molecule has 0 bridgehead atoms. The second kappa shape index (κ2) is 6.17. The van der Waals surface area contributed by atoms with E-state index in [1.165, 1.54) is 0 Å². The maximum atomic E-state index is 5.96. The summed E-state index contributed by atoms with van der Waals surface area (Å²) in [5.41, 5.74) is 6.89. The lowest BCUT2D eigenvalue weighted by Gasteiger charge is -2.08. The highest BCUT2D eigenvalue weighted by Gasteiger charge is 2.13. The number of nitrogens with zero attached hydrogens (tertiary/aromatic N) is 1. The minimum absolute atomic E-state index is 0.0402. The number of methoxy groups -OCH3 is 2. The Balaban J connectivity index is 2.58. The van der Waals surface area contributed by atoms with Crippen molar-refractivity contribution in [2.75, 3.05) is 20.8 Å². The molecule has 86 valence electrons. The molecule has 0 spiro atoms. The van der Waals surface area contributed by atoms with Gasteiger partial charge in [0, 0.05) is 26.2 Å². The Morgan fingerprint density at radius 1 is 1.53 bits per heavy atom. The summed E-state index contributed by atoms with van der Waals surface area (Å²) < 4.78 is 10.2. The molecule has 4 nitrogen and oxygen atoms in total. The maximum absolute atomic E-state index is 5.96. The van der Waals surface area contributed by atoms with Gasteiger partial charge < -0.3 is 15.2 Å². The fourth-order valence-electron chi connectivity index (χ4n) is 1.15. The van der Waals surface area contributed by atoms with E-state index in [9.17, 15) is 0 Å². The van der Waals surface area contributed by atoms with Gasteiger partial charge in [-0.1, -0.05) is 0 Å². The molecule has 0 fully saturated rings. The first-order chi connectivity index (χ1) is 7.19. The van der Waals surface area contributed by atoms with Crippen LogP contribution >= 0.6 is 11.3 Å². The molecule has 2 unspecified atom stereocenters. The van der Waals surface area contributed by atoms with Gasteiger partial charge in [0.15, 0.2) is 0 Å². The molecule has 0 aromatic carbocycles. The standard InChI is InChI=1S/C10H18N2O2S/c1-7(14-3)10-12-9(6-15-10)8(11)4-5-13-2/h6-8H,4-5,11H2,1-3H3. The highest BCUT2D eigenvalue weighted by atomic mass is 32.1. The first kappa shape index (κ1) is 12.6. The van der Waals surface area contributed by atoms with Crippen molar-refractivity contribution < 1.29 is 9.47 Å². The van der Waals surface area contributed by atoms with Crippen LogP contribution in [-0.4, -0.2) is 25.8 Å². The summed E-state index contributed by atoms with van der Waals surface area (Å²) in [4.78, 5) is 4.45. The fourth-order valence-corrected chi connectivity index (χ4v) is 2.07. The van der Waals surface area contributed by atoms with Gasteiger partial charge in [0.1, 0.15) is 11.1 Å². The predicted octanol–water partition coefficient (Wildman–Crippen LogP) is 1.89. The van der Waals surface area contributed by atoms with E-state index in [1.54, 1.807) is 25.6 Å². The van der Waals surface area contributed by atoms with E-state index in [-0.39, 0.29) is 12.1 Å². The molecule has 1 rings (SSSR count). The minimum atomic E-state index is -0.0426. The molecule has 2 atom stereocenters. The molecule has 0 amide bonds. The molecule has 1 aromatic rings. The molecular formula is C10H18N2O2S. The molecule has 1 aromatic heterocycles. The van der Waals surface area contributed by atoms with Crippen LogP contribution in [0.2, 0.25) is 0 Å². The zero-order valence-corrected chi connectivity index (χ0v) is 10.2. The second-order valence-corrected chi connectivity index (χ2v) is 4.27. The van der Waals surface area contributed by atoms with Crippen LogP contribution in [0, 0.1) is 0 Å². The third kappa shape index (κ3) is 3.53. The molecule has 1 heterocycles.